The number of nitrogens with one attached hydrogen (secondary N) is 1. The van der Waals surface area contributed by atoms with Crippen LogP contribution in [0.3, 0.4) is 0 Å². The summed E-state index contributed by atoms with van der Waals surface area (Å²) < 4.78 is 146. The van der Waals surface area contributed by atoms with Gasteiger partial charge in [0.1, 0.15) is 5.82 Å². The predicted octanol–water partition coefficient (Wildman–Crippen LogP) is 3.14. The van der Waals surface area contributed by atoms with E-state index < -0.39 is 112 Å². The van der Waals surface area contributed by atoms with Crippen LogP contribution in [0.2, 0.25) is 0 Å². The van der Waals surface area contributed by atoms with Crippen LogP contribution in [0, 0.1) is 13.8 Å². The predicted molar refractivity (Wildman–Crippen MR) is 121 cm³/mol. The maximum atomic E-state index is 12.1. The molecule has 0 aliphatic carbocycles. The zero-order valence-electron chi connectivity index (χ0n) is 30.7. The standard InChI is InChI=1S/C21H23N7O2S/c1-13-5-6-15(11-19(13)31(22,29)30)24-21-23-10-9-20(25-21)27(3)16-7-8-17-14(2)28(4)26-18(17)12-16/h5-12H,1-4H3,(H2,22,29,30)(H,23,24,25)/i2D3,3D3,4D3,5D,6D,7D,8D,11D,12D. The summed E-state index contributed by atoms with van der Waals surface area (Å²) in [6, 6.07) is -3.84. The first kappa shape index (κ1) is 9.33. The van der Waals surface area contributed by atoms with Crippen molar-refractivity contribution in [2.24, 2.45) is 12.1 Å². The molecule has 0 aliphatic rings. The van der Waals surface area contributed by atoms with Gasteiger partial charge in [0.05, 0.1) is 18.6 Å². The summed E-state index contributed by atoms with van der Waals surface area (Å²) >= 11 is 0. The van der Waals surface area contributed by atoms with E-state index in [9.17, 15) is 8.42 Å². The van der Waals surface area contributed by atoms with Gasteiger partial charge in [-0.05, 0) is 55.6 Å². The van der Waals surface area contributed by atoms with Gasteiger partial charge in [0.2, 0.25) is 16.0 Å². The van der Waals surface area contributed by atoms with Crippen LogP contribution in [-0.2, 0) is 17.0 Å². The molecule has 2 aromatic carbocycles. The minimum atomic E-state index is -4.54. The maximum absolute atomic E-state index is 12.1. The number of aryl methyl sites for hydroxylation is 2. The molecule has 2 heterocycles. The lowest BCUT2D eigenvalue weighted by atomic mass is 10.2. The Morgan fingerprint density at radius 1 is 1.26 bits per heavy atom. The minimum Gasteiger partial charge on any atom is -0.329 e. The molecule has 0 aliphatic heterocycles. The van der Waals surface area contributed by atoms with Gasteiger partial charge in [-0.15, -0.1) is 0 Å². The van der Waals surface area contributed by atoms with Crippen molar-refractivity contribution in [1.82, 2.24) is 19.7 Å². The van der Waals surface area contributed by atoms with Gasteiger partial charge < -0.3 is 10.2 Å². The highest BCUT2D eigenvalue weighted by Crippen LogP contribution is 2.28. The number of nitrogens with two attached hydrogens (primary N) is 1. The summed E-state index contributed by atoms with van der Waals surface area (Å²) in [4.78, 5) is 7.52. The molecule has 0 saturated heterocycles. The highest BCUT2D eigenvalue weighted by atomic mass is 32.2. The van der Waals surface area contributed by atoms with Gasteiger partial charge in [0.15, 0.2) is 0 Å². The molecule has 0 fully saturated rings. The Hall–Kier alpha value is -3.50. The summed E-state index contributed by atoms with van der Waals surface area (Å²) in [6.45, 7) is -8.44. The van der Waals surface area contributed by atoms with Crippen LogP contribution < -0.4 is 15.4 Å². The number of nitrogens with zero attached hydrogens (tertiary/aromatic N) is 5. The molecule has 0 bridgehead atoms. The van der Waals surface area contributed by atoms with Crippen LogP contribution in [0.1, 0.15) is 31.8 Å². The van der Waals surface area contributed by atoms with Gasteiger partial charge in [-0.2, -0.15) is 10.1 Å². The SMILES string of the molecule is [2H]c1c([2H])c(Nc2nccc(N(c3c([2H])c([2H])c4c(C([2H])([2H])[2H])n(C([2H])([2H])[2H])nc4c3[2H])C([2H])([2H])[2H])n2)c([2H])c(S(N)(=O)=O)c1C. The normalized spacial score (nSPS) is 19.9. The summed E-state index contributed by atoms with van der Waals surface area (Å²) in [5, 5.41) is 10.7. The molecule has 0 spiro atoms. The summed E-state index contributed by atoms with van der Waals surface area (Å²) in [7, 11) is -4.54. The fraction of sp³-hybridized carbons (Fsp3) is 0.190. The van der Waals surface area contributed by atoms with E-state index in [1.807, 2.05) is 0 Å². The first-order valence-corrected chi connectivity index (χ1v) is 9.91. The molecule has 4 rings (SSSR count). The van der Waals surface area contributed by atoms with E-state index >= 15 is 0 Å². The highest BCUT2D eigenvalue weighted by molar-refractivity contribution is 7.89. The number of benzene rings is 2. The monoisotopic (exact) mass is 452 g/mol. The van der Waals surface area contributed by atoms with E-state index in [2.05, 4.69) is 20.4 Å². The summed E-state index contributed by atoms with van der Waals surface area (Å²) in [5.74, 6) is -1.09. The molecule has 10 heteroatoms. The van der Waals surface area contributed by atoms with Gasteiger partial charge in [-0.1, -0.05) is 6.04 Å². The van der Waals surface area contributed by atoms with Crippen LogP contribution in [0.25, 0.3) is 10.9 Å². The minimum absolute atomic E-state index is 0.130. The Morgan fingerprint density at radius 2 is 2.13 bits per heavy atom. The number of hydrogen-bond acceptors (Lipinski definition) is 7. The molecular formula is C21H23N7O2S. The molecule has 0 saturated carbocycles. The van der Waals surface area contributed by atoms with Crippen LogP contribution in [0.4, 0.5) is 23.1 Å². The third-order valence-corrected chi connectivity index (χ3v) is 4.97. The Balaban J connectivity index is 1.99. The molecule has 0 atom stereocenters. The molecule has 3 N–H and O–H groups in total. The van der Waals surface area contributed by atoms with E-state index in [0.29, 0.717) is 4.90 Å². The first-order valence-electron chi connectivity index (χ1n) is 15.9. The third kappa shape index (κ3) is 4.07. The lowest BCUT2D eigenvalue weighted by Crippen LogP contribution is -2.14. The van der Waals surface area contributed by atoms with Gasteiger partial charge in [-0.25, -0.2) is 18.5 Å². The van der Waals surface area contributed by atoms with Crippen molar-refractivity contribution in [3.05, 3.63) is 59.8 Å². The second-order valence-electron chi connectivity index (χ2n) is 6.16. The smallest absolute Gasteiger partial charge is 0.238 e. The molecule has 160 valence electrons. The zero-order chi connectivity index (χ0) is 35.1. The van der Waals surface area contributed by atoms with Crippen LogP contribution in [-0.4, -0.2) is 35.1 Å². The van der Waals surface area contributed by atoms with Gasteiger partial charge in [0, 0.05) is 54.9 Å². The van der Waals surface area contributed by atoms with Crippen molar-refractivity contribution in [2.75, 3.05) is 17.2 Å². The fourth-order valence-corrected chi connectivity index (χ4v) is 3.28. The summed E-state index contributed by atoms with van der Waals surface area (Å²) in [5.41, 5.74) is -3.28. The van der Waals surface area contributed by atoms with E-state index in [1.54, 1.807) is 0 Å². The zero-order valence-corrected chi connectivity index (χ0v) is 16.5. The van der Waals surface area contributed by atoms with E-state index in [4.69, 9.17) is 25.7 Å². The Labute approximate surface area is 201 Å². The average Bonchev–Trinajstić information content (AvgIpc) is 3.33. The number of hydrogen-bond donors (Lipinski definition) is 2. The average molecular weight is 453 g/mol. The number of fused-ring (bicyclic) bond motifs is 1. The van der Waals surface area contributed by atoms with Crippen molar-refractivity contribution in [2.45, 2.75) is 18.7 Å². The lowest BCUT2D eigenvalue weighted by Gasteiger charge is -2.19. The summed E-state index contributed by atoms with van der Waals surface area (Å²) in [6.07, 6.45) is 0.997. The molecule has 31 heavy (non-hydrogen) atoms. The maximum Gasteiger partial charge on any atom is 0.238 e. The van der Waals surface area contributed by atoms with E-state index in [-0.39, 0.29) is 10.2 Å². The number of rotatable bonds is 5. The number of aromatic nitrogens is 4. The van der Waals surface area contributed by atoms with Crippen molar-refractivity contribution >= 4 is 44.1 Å². The Bertz CT molecular complexity index is 2000. The van der Waals surface area contributed by atoms with Crippen LogP contribution in [0.15, 0.2) is 53.4 Å². The molecule has 0 amide bonds. The van der Waals surface area contributed by atoms with E-state index in [0.717, 1.165) is 12.3 Å². The molecule has 2 aromatic heterocycles. The molecular weight excluding hydrogens is 414 g/mol. The first-order chi connectivity index (χ1) is 20.8. The lowest BCUT2D eigenvalue weighted by molar-refractivity contribution is 0.597. The van der Waals surface area contributed by atoms with Crippen LogP contribution >= 0.6 is 0 Å². The third-order valence-electron chi connectivity index (χ3n) is 4.00. The van der Waals surface area contributed by atoms with Crippen molar-refractivity contribution in [3.8, 4) is 0 Å². The Kier molecular flexibility index (Phi) is 2.30. The molecule has 9 nitrogen and oxygen atoms in total. The Morgan fingerprint density at radius 3 is 2.87 bits per heavy atom. The fourth-order valence-electron chi connectivity index (χ4n) is 2.56. The van der Waals surface area contributed by atoms with E-state index in [1.165, 1.54) is 6.92 Å². The molecule has 0 radical (unpaired) electrons. The molecule has 0 unspecified atom stereocenters. The number of anilines is 4. The van der Waals surface area contributed by atoms with Gasteiger partial charge in [-0.3, -0.25) is 4.68 Å². The quantitative estimate of drug-likeness (QED) is 0.477. The second kappa shape index (κ2) is 7.64. The van der Waals surface area contributed by atoms with Crippen LogP contribution in [0.5, 0.6) is 0 Å². The van der Waals surface area contributed by atoms with Crippen molar-refractivity contribution < 1.29 is 29.0 Å². The number of primary sulfonamides is 1. The van der Waals surface area contributed by atoms with Gasteiger partial charge in [0.25, 0.3) is 0 Å². The highest BCUT2D eigenvalue weighted by Gasteiger charge is 2.14. The second-order valence-corrected chi connectivity index (χ2v) is 7.65. The van der Waals surface area contributed by atoms with Crippen molar-refractivity contribution in [3.63, 3.8) is 0 Å². The largest absolute Gasteiger partial charge is 0.329 e. The topological polar surface area (TPSA) is 119 Å². The number of sulfonamides is 1. The molecule has 4 aromatic rings. The van der Waals surface area contributed by atoms with Crippen molar-refractivity contribution in [1.29, 1.82) is 0 Å². The van der Waals surface area contributed by atoms with Gasteiger partial charge >= 0.3 is 0 Å².